The molecule has 7 heteroatoms. The van der Waals surface area contributed by atoms with E-state index in [4.69, 9.17) is 4.74 Å². The standard InChI is InChI=1S/C23H29N3O3S/c1-16-13-20(17(2)26(16)14-19-9-8-12-30-19)22(28)29-18(3)21(27)25(4)23(15-24)10-6-5-7-11-23/h8-9,12-13,18H,5-7,10-11,14H2,1-4H3/t18-/m0/s1. The second-order valence-electron chi connectivity index (χ2n) is 8.10. The van der Waals surface area contributed by atoms with Crippen LogP contribution in [0.1, 0.15) is 65.7 Å². The van der Waals surface area contributed by atoms with Gasteiger partial charge in [0.05, 0.1) is 18.2 Å². The van der Waals surface area contributed by atoms with Crippen LogP contribution in [-0.4, -0.2) is 40.0 Å². The third kappa shape index (κ3) is 4.29. The van der Waals surface area contributed by atoms with E-state index in [0.717, 1.165) is 30.7 Å². The minimum atomic E-state index is -0.949. The highest BCUT2D eigenvalue weighted by molar-refractivity contribution is 7.09. The molecule has 30 heavy (non-hydrogen) atoms. The molecule has 0 spiro atoms. The van der Waals surface area contributed by atoms with Gasteiger partial charge >= 0.3 is 5.97 Å². The van der Waals surface area contributed by atoms with Gasteiger partial charge in [0.15, 0.2) is 6.10 Å². The van der Waals surface area contributed by atoms with Gasteiger partial charge in [0.2, 0.25) is 0 Å². The number of amides is 1. The lowest BCUT2D eigenvalue weighted by Crippen LogP contribution is -2.53. The number of carbonyl (C=O) groups excluding carboxylic acids is 2. The van der Waals surface area contributed by atoms with Crippen LogP contribution in [0.25, 0.3) is 0 Å². The normalized spacial score (nSPS) is 16.5. The predicted octanol–water partition coefficient (Wildman–Crippen LogP) is 4.44. The van der Waals surface area contributed by atoms with Crippen molar-refractivity contribution in [3.05, 3.63) is 45.4 Å². The number of likely N-dealkylation sites (N-methyl/N-ethyl adjacent to an activating group) is 1. The summed E-state index contributed by atoms with van der Waals surface area (Å²) in [6.07, 6.45) is 3.31. The van der Waals surface area contributed by atoms with Crippen molar-refractivity contribution in [3.8, 4) is 6.07 Å². The van der Waals surface area contributed by atoms with Gasteiger partial charge in [0, 0.05) is 23.3 Å². The SMILES string of the molecule is Cc1cc(C(=O)O[C@@H](C)C(=O)N(C)C2(C#N)CCCCC2)c(C)n1Cc1cccs1. The number of nitriles is 1. The molecule has 6 nitrogen and oxygen atoms in total. The summed E-state index contributed by atoms with van der Waals surface area (Å²) in [5, 5.41) is 11.8. The van der Waals surface area contributed by atoms with Crippen molar-refractivity contribution in [2.24, 2.45) is 0 Å². The maximum absolute atomic E-state index is 12.9. The van der Waals surface area contributed by atoms with E-state index in [1.54, 1.807) is 25.3 Å². The van der Waals surface area contributed by atoms with Crippen molar-refractivity contribution in [3.63, 3.8) is 0 Å². The molecule has 160 valence electrons. The van der Waals surface area contributed by atoms with E-state index < -0.39 is 17.6 Å². The Hall–Kier alpha value is -2.59. The number of hydrogen-bond donors (Lipinski definition) is 0. The van der Waals surface area contributed by atoms with Crippen LogP contribution >= 0.6 is 11.3 Å². The topological polar surface area (TPSA) is 75.3 Å². The fourth-order valence-electron chi connectivity index (χ4n) is 4.23. The van der Waals surface area contributed by atoms with Gasteiger partial charge in [-0.25, -0.2) is 4.79 Å². The molecule has 0 aliphatic heterocycles. The van der Waals surface area contributed by atoms with Crippen LogP contribution in [0.15, 0.2) is 23.6 Å². The number of nitrogens with zero attached hydrogens (tertiary/aromatic N) is 3. The molecular formula is C23H29N3O3S. The van der Waals surface area contributed by atoms with Crippen LogP contribution in [-0.2, 0) is 16.1 Å². The number of carbonyl (C=O) groups is 2. The summed E-state index contributed by atoms with van der Waals surface area (Å²) in [5.41, 5.74) is 1.46. The molecule has 0 saturated heterocycles. The van der Waals surface area contributed by atoms with E-state index in [2.05, 4.69) is 16.7 Å². The zero-order valence-electron chi connectivity index (χ0n) is 18.1. The molecule has 0 N–H and O–H groups in total. The summed E-state index contributed by atoms with van der Waals surface area (Å²) >= 11 is 1.67. The summed E-state index contributed by atoms with van der Waals surface area (Å²) in [5.74, 6) is -0.844. The Balaban J connectivity index is 1.71. The zero-order chi connectivity index (χ0) is 21.9. The summed E-state index contributed by atoms with van der Waals surface area (Å²) in [4.78, 5) is 28.5. The average molecular weight is 428 g/mol. The molecule has 2 aromatic rings. The van der Waals surface area contributed by atoms with Gasteiger partial charge in [-0.1, -0.05) is 25.3 Å². The fourth-order valence-corrected chi connectivity index (χ4v) is 4.92. The molecule has 1 amide bonds. The molecule has 1 aliphatic carbocycles. The van der Waals surface area contributed by atoms with Gasteiger partial charge in [0.25, 0.3) is 5.91 Å². The monoisotopic (exact) mass is 427 g/mol. The number of aromatic nitrogens is 1. The first kappa shape index (κ1) is 22.1. The van der Waals surface area contributed by atoms with Crippen molar-refractivity contribution in [1.82, 2.24) is 9.47 Å². The smallest absolute Gasteiger partial charge is 0.340 e. The van der Waals surface area contributed by atoms with Gasteiger partial charge in [-0.05, 0) is 51.1 Å². The molecule has 2 aromatic heterocycles. The largest absolute Gasteiger partial charge is 0.449 e. The van der Waals surface area contributed by atoms with Crippen LogP contribution in [0.4, 0.5) is 0 Å². The molecule has 1 fully saturated rings. The Labute approximate surface area is 182 Å². The molecular weight excluding hydrogens is 398 g/mol. The summed E-state index contributed by atoms with van der Waals surface area (Å²) < 4.78 is 7.61. The fraction of sp³-hybridized carbons (Fsp3) is 0.522. The molecule has 1 saturated carbocycles. The lowest BCUT2D eigenvalue weighted by molar-refractivity contribution is -0.143. The van der Waals surface area contributed by atoms with E-state index in [-0.39, 0.29) is 5.91 Å². The van der Waals surface area contributed by atoms with Gasteiger partial charge in [-0.15, -0.1) is 11.3 Å². The first-order valence-corrected chi connectivity index (χ1v) is 11.3. The number of hydrogen-bond acceptors (Lipinski definition) is 5. The number of rotatable bonds is 6. The Morgan fingerprint density at radius 1 is 1.33 bits per heavy atom. The average Bonchev–Trinajstić information content (AvgIpc) is 3.36. The first-order valence-electron chi connectivity index (χ1n) is 10.4. The molecule has 1 aliphatic rings. The lowest BCUT2D eigenvalue weighted by atomic mass is 9.81. The summed E-state index contributed by atoms with van der Waals surface area (Å²) in [6.45, 7) is 6.13. The van der Waals surface area contributed by atoms with Gasteiger partial charge in [-0.2, -0.15) is 5.26 Å². The van der Waals surface area contributed by atoms with Crippen molar-refractivity contribution in [1.29, 1.82) is 5.26 Å². The Bertz CT molecular complexity index is 949. The number of thiophene rings is 1. The molecule has 0 radical (unpaired) electrons. The lowest BCUT2D eigenvalue weighted by Gasteiger charge is -2.39. The predicted molar refractivity (Wildman–Crippen MR) is 116 cm³/mol. The van der Waals surface area contributed by atoms with Gasteiger partial charge < -0.3 is 14.2 Å². The first-order chi connectivity index (χ1) is 14.3. The van der Waals surface area contributed by atoms with E-state index in [1.807, 2.05) is 31.4 Å². The number of esters is 1. The van der Waals surface area contributed by atoms with Crippen molar-refractivity contribution >= 4 is 23.2 Å². The van der Waals surface area contributed by atoms with Crippen LogP contribution in [0, 0.1) is 25.2 Å². The molecule has 0 bridgehead atoms. The maximum atomic E-state index is 12.9. The Morgan fingerprint density at radius 3 is 2.63 bits per heavy atom. The van der Waals surface area contributed by atoms with Crippen molar-refractivity contribution in [2.75, 3.05) is 7.05 Å². The van der Waals surface area contributed by atoms with Gasteiger partial charge in [-0.3, -0.25) is 4.79 Å². The van der Waals surface area contributed by atoms with E-state index in [1.165, 1.54) is 9.78 Å². The highest BCUT2D eigenvalue weighted by atomic mass is 32.1. The maximum Gasteiger partial charge on any atom is 0.340 e. The second-order valence-corrected chi connectivity index (χ2v) is 9.13. The minimum Gasteiger partial charge on any atom is -0.449 e. The highest BCUT2D eigenvalue weighted by Crippen LogP contribution is 2.33. The van der Waals surface area contributed by atoms with E-state index in [9.17, 15) is 14.9 Å². The van der Waals surface area contributed by atoms with Crippen LogP contribution in [0.5, 0.6) is 0 Å². The molecule has 2 heterocycles. The number of ether oxygens (including phenoxy) is 1. The quantitative estimate of drug-likeness (QED) is 0.639. The minimum absolute atomic E-state index is 0.334. The Morgan fingerprint density at radius 2 is 2.03 bits per heavy atom. The third-order valence-corrected chi connectivity index (χ3v) is 7.04. The summed E-state index contributed by atoms with van der Waals surface area (Å²) in [6, 6.07) is 8.22. The van der Waals surface area contributed by atoms with Crippen LogP contribution < -0.4 is 0 Å². The Kier molecular flexibility index (Phi) is 6.67. The third-order valence-electron chi connectivity index (χ3n) is 6.18. The van der Waals surface area contributed by atoms with Crippen LogP contribution in [0.2, 0.25) is 0 Å². The van der Waals surface area contributed by atoms with E-state index in [0.29, 0.717) is 24.9 Å². The molecule has 0 aromatic carbocycles. The molecule has 0 unspecified atom stereocenters. The highest BCUT2D eigenvalue weighted by Gasteiger charge is 2.41. The van der Waals surface area contributed by atoms with Gasteiger partial charge in [0.1, 0.15) is 5.54 Å². The molecule has 3 rings (SSSR count). The number of aryl methyl sites for hydroxylation is 1. The molecule has 1 atom stereocenters. The second kappa shape index (κ2) is 9.05. The van der Waals surface area contributed by atoms with Crippen molar-refractivity contribution in [2.45, 2.75) is 71.1 Å². The van der Waals surface area contributed by atoms with Crippen LogP contribution in [0.3, 0.4) is 0 Å². The zero-order valence-corrected chi connectivity index (χ0v) is 18.9. The van der Waals surface area contributed by atoms with Crippen molar-refractivity contribution < 1.29 is 14.3 Å². The summed E-state index contributed by atoms with van der Waals surface area (Å²) in [7, 11) is 1.65. The van der Waals surface area contributed by atoms with E-state index >= 15 is 0 Å².